The van der Waals surface area contributed by atoms with Crippen LogP contribution in [0, 0.1) is 5.82 Å². The summed E-state index contributed by atoms with van der Waals surface area (Å²) in [5.41, 5.74) is 2.11. The molecule has 1 aliphatic rings. The van der Waals surface area contributed by atoms with Crippen LogP contribution in [0.2, 0.25) is 0 Å². The fourth-order valence-electron chi connectivity index (χ4n) is 2.71. The molecule has 0 spiro atoms. The number of benzene rings is 2. The van der Waals surface area contributed by atoms with Crippen molar-refractivity contribution in [3.63, 3.8) is 0 Å². The quantitative estimate of drug-likeness (QED) is 0.862. The van der Waals surface area contributed by atoms with Gasteiger partial charge in [-0.1, -0.05) is 28.1 Å². The Morgan fingerprint density at radius 3 is 2.95 bits per heavy atom. The first kappa shape index (κ1) is 14.5. The lowest BCUT2D eigenvalue weighted by molar-refractivity contribution is 0.246. The molecule has 3 rings (SSSR count). The van der Waals surface area contributed by atoms with Crippen molar-refractivity contribution >= 4 is 15.9 Å². The summed E-state index contributed by atoms with van der Waals surface area (Å²) >= 11 is 3.51. The molecule has 0 fully saturated rings. The predicted octanol–water partition coefficient (Wildman–Crippen LogP) is 4.76. The van der Waals surface area contributed by atoms with Gasteiger partial charge in [0.25, 0.3) is 0 Å². The standard InChI is InChI=1S/C17H17BrFNO/c1-11(12-3-2-4-14(19)9-12)20-16-7-8-21-17-6-5-13(18)10-15(16)17/h2-6,9-11,16,20H,7-8H2,1H3/t11-,16?/m0/s1. The van der Waals surface area contributed by atoms with Crippen LogP contribution in [0.5, 0.6) is 5.75 Å². The smallest absolute Gasteiger partial charge is 0.124 e. The molecule has 0 aromatic heterocycles. The van der Waals surface area contributed by atoms with Crippen LogP contribution in [0.3, 0.4) is 0 Å². The third kappa shape index (κ3) is 3.27. The molecule has 0 saturated heterocycles. The van der Waals surface area contributed by atoms with Gasteiger partial charge in [-0.15, -0.1) is 0 Å². The second-order valence-electron chi connectivity index (χ2n) is 5.32. The predicted molar refractivity (Wildman–Crippen MR) is 84.9 cm³/mol. The van der Waals surface area contributed by atoms with E-state index < -0.39 is 0 Å². The normalized spacial score (nSPS) is 18.7. The third-order valence-electron chi connectivity index (χ3n) is 3.81. The van der Waals surface area contributed by atoms with Crippen LogP contribution in [0.15, 0.2) is 46.9 Å². The van der Waals surface area contributed by atoms with Crippen LogP contribution in [0.25, 0.3) is 0 Å². The molecule has 1 aliphatic heterocycles. The van der Waals surface area contributed by atoms with E-state index in [9.17, 15) is 4.39 Å². The summed E-state index contributed by atoms with van der Waals surface area (Å²) in [5, 5.41) is 3.58. The Labute approximate surface area is 132 Å². The molecule has 0 aliphatic carbocycles. The van der Waals surface area contributed by atoms with Crippen molar-refractivity contribution in [2.24, 2.45) is 0 Å². The molecule has 1 heterocycles. The average molecular weight is 350 g/mol. The Hall–Kier alpha value is -1.39. The molecule has 2 atom stereocenters. The Balaban J connectivity index is 1.81. The van der Waals surface area contributed by atoms with Crippen LogP contribution in [0.4, 0.5) is 4.39 Å². The number of ether oxygens (including phenoxy) is 1. The summed E-state index contributed by atoms with van der Waals surface area (Å²) in [7, 11) is 0. The molecule has 0 amide bonds. The van der Waals surface area contributed by atoms with Gasteiger partial charge >= 0.3 is 0 Å². The van der Waals surface area contributed by atoms with Gasteiger partial charge in [0.15, 0.2) is 0 Å². The number of fused-ring (bicyclic) bond motifs is 1. The second kappa shape index (κ2) is 6.16. The maximum atomic E-state index is 13.3. The van der Waals surface area contributed by atoms with Gasteiger partial charge in [0.05, 0.1) is 6.61 Å². The first-order valence-corrected chi connectivity index (χ1v) is 7.86. The van der Waals surface area contributed by atoms with Gasteiger partial charge in [0, 0.05) is 28.5 Å². The molecule has 110 valence electrons. The van der Waals surface area contributed by atoms with E-state index in [1.807, 2.05) is 18.2 Å². The molecule has 1 N–H and O–H groups in total. The molecular formula is C17H17BrFNO. The van der Waals surface area contributed by atoms with E-state index in [2.05, 4.69) is 34.2 Å². The van der Waals surface area contributed by atoms with Crippen molar-refractivity contribution < 1.29 is 9.13 Å². The molecule has 1 unspecified atom stereocenters. The van der Waals surface area contributed by atoms with Crippen molar-refractivity contribution in [2.75, 3.05) is 6.61 Å². The number of halogens is 2. The van der Waals surface area contributed by atoms with Crippen molar-refractivity contribution in [1.82, 2.24) is 5.32 Å². The molecule has 0 bridgehead atoms. The summed E-state index contributed by atoms with van der Waals surface area (Å²) in [6.07, 6.45) is 0.906. The zero-order valence-electron chi connectivity index (χ0n) is 11.8. The van der Waals surface area contributed by atoms with Gasteiger partial charge in [-0.25, -0.2) is 4.39 Å². The van der Waals surface area contributed by atoms with E-state index in [4.69, 9.17) is 4.74 Å². The van der Waals surface area contributed by atoms with Gasteiger partial charge in [-0.2, -0.15) is 0 Å². The van der Waals surface area contributed by atoms with Crippen LogP contribution in [-0.2, 0) is 0 Å². The third-order valence-corrected chi connectivity index (χ3v) is 4.30. The van der Waals surface area contributed by atoms with Gasteiger partial charge in [0.1, 0.15) is 11.6 Å². The Morgan fingerprint density at radius 2 is 2.14 bits per heavy atom. The highest BCUT2D eigenvalue weighted by Gasteiger charge is 2.23. The number of hydrogen-bond acceptors (Lipinski definition) is 2. The molecule has 0 saturated carbocycles. The maximum Gasteiger partial charge on any atom is 0.124 e. The van der Waals surface area contributed by atoms with Crippen molar-refractivity contribution in [3.05, 3.63) is 63.9 Å². The van der Waals surface area contributed by atoms with Crippen LogP contribution >= 0.6 is 15.9 Å². The van der Waals surface area contributed by atoms with E-state index in [0.29, 0.717) is 6.61 Å². The Morgan fingerprint density at radius 1 is 1.29 bits per heavy atom. The minimum atomic E-state index is -0.198. The van der Waals surface area contributed by atoms with E-state index >= 15 is 0 Å². The summed E-state index contributed by atoms with van der Waals surface area (Å²) in [5.74, 6) is 0.727. The lowest BCUT2D eigenvalue weighted by Crippen LogP contribution is -2.29. The molecule has 4 heteroatoms. The lowest BCUT2D eigenvalue weighted by Gasteiger charge is -2.29. The molecular weight excluding hydrogens is 333 g/mol. The fourth-order valence-corrected chi connectivity index (χ4v) is 3.09. The summed E-state index contributed by atoms with van der Waals surface area (Å²) < 4.78 is 20.1. The van der Waals surface area contributed by atoms with E-state index in [1.54, 1.807) is 12.1 Å². The van der Waals surface area contributed by atoms with Crippen LogP contribution in [0.1, 0.15) is 36.6 Å². The minimum Gasteiger partial charge on any atom is -0.493 e. The topological polar surface area (TPSA) is 21.3 Å². The largest absolute Gasteiger partial charge is 0.493 e. The van der Waals surface area contributed by atoms with Gasteiger partial charge in [0.2, 0.25) is 0 Å². The van der Waals surface area contributed by atoms with E-state index in [-0.39, 0.29) is 17.9 Å². The van der Waals surface area contributed by atoms with Gasteiger partial charge < -0.3 is 10.1 Å². The van der Waals surface area contributed by atoms with Gasteiger partial charge in [-0.3, -0.25) is 0 Å². The summed E-state index contributed by atoms with van der Waals surface area (Å²) in [6, 6.07) is 13.1. The van der Waals surface area contributed by atoms with Crippen molar-refractivity contribution in [1.29, 1.82) is 0 Å². The molecule has 2 aromatic carbocycles. The highest BCUT2D eigenvalue weighted by Crippen LogP contribution is 2.35. The Bertz CT molecular complexity index is 646. The highest BCUT2D eigenvalue weighted by molar-refractivity contribution is 9.10. The van der Waals surface area contributed by atoms with Crippen molar-refractivity contribution in [3.8, 4) is 5.75 Å². The average Bonchev–Trinajstić information content (AvgIpc) is 2.48. The van der Waals surface area contributed by atoms with E-state index in [1.165, 1.54) is 6.07 Å². The number of nitrogens with one attached hydrogen (secondary N) is 1. The maximum absolute atomic E-state index is 13.3. The first-order chi connectivity index (χ1) is 10.1. The van der Waals surface area contributed by atoms with Gasteiger partial charge in [-0.05, 0) is 42.8 Å². The van der Waals surface area contributed by atoms with E-state index in [0.717, 1.165) is 27.8 Å². The molecule has 0 radical (unpaired) electrons. The zero-order valence-corrected chi connectivity index (χ0v) is 13.4. The summed E-state index contributed by atoms with van der Waals surface area (Å²) in [6.45, 7) is 2.75. The number of rotatable bonds is 3. The van der Waals surface area contributed by atoms with Crippen LogP contribution < -0.4 is 10.1 Å². The fraction of sp³-hybridized carbons (Fsp3) is 0.294. The monoisotopic (exact) mass is 349 g/mol. The summed E-state index contributed by atoms with van der Waals surface area (Å²) in [4.78, 5) is 0. The second-order valence-corrected chi connectivity index (χ2v) is 6.23. The SMILES string of the molecule is C[C@H](NC1CCOc2ccc(Br)cc21)c1cccc(F)c1. The van der Waals surface area contributed by atoms with Crippen LogP contribution in [-0.4, -0.2) is 6.61 Å². The van der Waals surface area contributed by atoms with Crippen molar-refractivity contribution in [2.45, 2.75) is 25.4 Å². The highest BCUT2D eigenvalue weighted by atomic mass is 79.9. The molecule has 2 nitrogen and oxygen atoms in total. The minimum absolute atomic E-state index is 0.0793. The Kier molecular flexibility index (Phi) is 4.27. The lowest BCUT2D eigenvalue weighted by atomic mass is 9.98. The zero-order chi connectivity index (χ0) is 14.8. The first-order valence-electron chi connectivity index (χ1n) is 7.07. The molecule has 21 heavy (non-hydrogen) atoms. The number of hydrogen-bond donors (Lipinski definition) is 1. The molecule has 2 aromatic rings.